The Morgan fingerprint density at radius 3 is 2.47 bits per heavy atom. The Bertz CT molecular complexity index is 502. The van der Waals surface area contributed by atoms with Crippen LogP contribution in [-0.4, -0.2) is 23.2 Å². The van der Waals surface area contributed by atoms with E-state index in [-0.39, 0.29) is 16.3 Å². The van der Waals surface area contributed by atoms with E-state index in [0.717, 1.165) is 0 Å². The van der Waals surface area contributed by atoms with E-state index in [0.29, 0.717) is 0 Å². The van der Waals surface area contributed by atoms with E-state index >= 15 is 0 Å². The van der Waals surface area contributed by atoms with Gasteiger partial charge in [0.2, 0.25) is 5.91 Å². The average molecular weight is 296 g/mol. The molecular formula is C11H9ClF3NO3. The Morgan fingerprint density at radius 2 is 1.95 bits per heavy atom. The van der Waals surface area contributed by atoms with Crippen LogP contribution < -0.4 is 5.32 Å². The number of carbonyl (C=O) groups excluding carboxylic acids is 1. The fourth-order valence-electron chi connectivity index (χ4n) is 1.29. The molecule has 0 aliphatic heterocycles. The normalized spacial score (nSPS) is 11.2. The third kappa shape index (κ3) is 4.78. The Balaban J connectivity index is 2.82. The first-order valence-corrected chi connectivity index (χ1v) is 5.47. The van der Waals surface area contributed by atoms with Gasteiger partial charge in [-0.15, -0.1) is 0 Å². The van der Waals surface area contributed by atoms with Gasteiger partial charge in [-0.2, -0.15) is 13.2 Å². The van der Waals surface area contributed by atoms with Crippen LogP contribution in [0.5, 0.6) is 0 Å². The van der Waals surface area contributed by atoms with Crippen molar-refractivity contribution in [2.75, 3.05) is 5.32 Å². The molecule has 0 bridgehead atoms. The van der Waals surface area contributed by atoms with Crippen LogP contribution in [0.25, 0.3) is 0 Å². The molecule has 0 aliphatic rings. The fourth-order valence-corrected chi connectivity index (χ4v) is 1.51. The van der Waals surface area contributed by atoms with E-state index in [9.17, 15) is 22.8 Å². The van der Waals surface area contributed by atoms with Crippen LogP contribution in [0.1, 0.15) is 23.2 Å². The highest BCUT2D eigenvalue weighted by Gasteiger charge is 2.28. The van der Waals surface area contributed by atoms with Gasteiger partial charge in [0.05, 0.1) is 22.7 Å². The molecule has 2 N–H and O–H groups in total. The molecule has 0 atom stereocenters. The summed E-state index contributed by atoms with van der Waals surface area (Å²) in [6, 6.07) is 3.87. The smallest absolute Gasteiger partial charge is 0.389 e. The number of amides is 1. The van der Waals surface area contributed by atoms with Gasteiger partial charge < -0.3 is 10.4 Å². The molecule has 0 fully saturated rings. The molecule has 0 spiro atoms. The Hall–Kier alpha value is -1.76. The van der Waals surface area contributed by atoms with Crippen molar-refractivity contribution in [1.82, 2.24) is 0 Å². The molecule has 0 saturated heterocycles. The van der Waals surface area contributed by atoms with Gasteiger partial charge in [-0.1, -0.05) is 17.7 Å². The first-order valence-electron chi connectivity index (χ1n) is 5.09. The zero-order valence-corrected chi connectivity index (χ0v) is 10.2. The lowest BCUT2D eigenvalue weighted by molar-refractivity contribution is -0.142. The van der Waals surface area contributed by atoms with E-state index in [1.54, 1.807) is 0 Å². The van der Waals surface area contributed by atoms with E-state index in [4.69, 9.17) is 16.7 Å². The standard InChI is InChI=1S/C11H9ClF3NO3/c12-7-3-1-2-6(10(18)19)9(7)16-8(17)4-5-11(13,14)15/h1-3H,4-5H2,(H,16,17)(H,18,19). The number of halogens is 4. The highest BCUT2D eigenvalue weighted by atomic mass is 35.5. The number of anilines is 1. The third-order valence-corrected chi connectivity index (χ3v) is 2.46. The predicted octanol–water partition coefficient (Wildman–Crippen LogP) is 3.32. The highest BCUT2D eigenvalue weighted by Crippen LogP contribution is 2.27. The molecule has 1 aromatic carbocycles. The van der Waals surface area contributed by atoms with Gasteiger partial charge in [-0.3, -0.25) is 4.79 Å². The molecular weight excluding hydrogens is 287 g/mol. The molecule has 1 amide bonds. The maximum Gasteiger partial charge on any atom is 0.389 e. The summed E-state index contributed by atoms with van der Waals surface area (Å²) in [6.07, 6.45) is -6.53. The van der Waals surface area contributed by atoms with Crippen LogP contribution in [0.4, 0.5) is 18.9 Å². The maximum atomic E-state index is 11.9. The van der Waals surface area contributed by atoms with E-state index in [1.807, 2.05) is 0 Å². The molecule has 0 aliphatic carbocycles. The number of alkyl halides is 3. The van der Waals surface area contributed by atoms with Crippen molar-refractivity contribution in [2.24, 2.45) is 0 Å². The molecule has 104 valence electrons. The zero-order chi connectivity index (χ0) is 14.6. The van der Waals surface area contributed by atoms with E-state index < -0.39 is 30.9 Å². The van der Waals surface area contributed by atoms with Crippen molar-refractivity contribution in [3.8, 4) is 0 Å². The number of carbonyl (C=O) groups is 2. The second-order valence-electron chi connectivity index (χ2n) is 3.63. The van der Waals surface area contributed by atoms with Gasteiger partial charge in [0.25, 0.3) is 0 Å². The maximum absolute atomic E-state index is 11.9. The van der Waals surface area contributed by atoms with Crippen molar-refractivity contribution >= 4 is 29.2 Å². The largest absolute Gasteiger partial charge is 0.478 e. The summed E-state index contributed by atoms with van der Waals surface area (Å²) >= 11 is 5.71. The molecule has 4 nitrogen and oxygen atoms in total. The Morgan fingerprint density at radius 1 is 1.32 bits per heavy atom. The van der Waals surface area contributed by atoms with Crippen molar-refractivity contribution < 1.29 is 27.9 Å². The monoisotopic (exact) mass is 295 g/mol. The summed E-state index contributed by atoms with van der Waals surface area (Å²) < 4.78 is 35.8. The van der Waals surface area contributed by atoms with Gasteiger partial charge in [-0.25, -0.2) is 4.79 Å². The third-order valence-electron chi connectivity index (χ3n) is 2.14. The molecule has 0 saturated carbocycles. The van der Waals surface area contributed by atoms with Crippen molar-refractivity contribution in [1.29, 1.82) is 0 Å². The lowest BCUT2D eigenvalue weighted by atomic mass is 10.1. The minimum atomic E-state index is -4.45. The number of benzene rings is 1. The summed E-state index contributed by atoms with van der Waals surface area (Å²) in [5, 5.41) is 10.9. The second kappa shape index (κ2) is 5.92. The van der Waals surface area contributed by atoms with Crippen LogP contribution in [0.3, 0.4) is 0 Å². The molecule has 0 unspecified atom stereocenters. The van der Waals surface area contributed by atoms with E-state index in [2.05, 4.69) is 5.32 Å². The zero-order valence-electron chi connectivity index (χ0n) is 9.42. The van der Waals surface area contributed by atoms with Crippen molar-refractivity contribution in [2.45, 2.75) is 19.0 Å². The van der Waals surface area contributed by atoms with Crippen molar-refractivity contribution in [3.63, 3.8) is 0 Å². The summed E-state index contributed by atoms with van der Waals surface area (Å²) in [6.45, 7) is 0. The number of para-hydroxylation sites is 1. The predicted molar refractivity (Wildman–Crippen MR) is 62.3 cm³/mol. The lowest BCUT2D eigenvalue weighted by Gasteiger charge is -2.11. The van der Waals surface area contributed by atoms with Crippen LogP contribution in [-0.2, 0) is 4.79 Å². The number of hydrogen-bond acceptors (Lipinski definition) is 2. The Kier molecular flexibility index (Phi) is 4.77. The molecule has 0 aromatic heterocycles. The van der Waals surface area contributed by atoms with Gasteiger partial charge in [0.15, 0.2) is 0 Å². The first kappa shape index (κ1) is 15.3. The summed E-state index contributed by atoms with van der Waals surface area (Å²) in [5.41, 5.74) is -0.489. The number of carboxylic acids is 1. The molecule has 1 rings (SSSR count). The number of nitrogens with one attached hydrogen (secondary N) is 1. The molecule has 0 radical (unpaired) electrons. The fraction of sp³-hybridized carbons (Fsp3) is 0.273. The number of hydrogen-bond donors (Lipinski definition) is 2. The van der Waals surface area contributed by atoms with Gasteiger partial charge in [0, 0.05) is 6.42 Å². The molecule has 0 heterocycles. The van der Waals surface area contributed by atoms with Crippen LogP contribution >= 0.6 is 11.6 Å². The molecule has 1 aromatic rings. The average Bonchev–Trinajstić information content (AvgIpc) is 2.28. The van der Waals surface area contributed by atoms with Gasteiger partial charge in [0.1, 0.15) is 0 Å². The molecule has 19 heavy (non-hydrogen) atoms. The summed E-state index contributed by atoms with van der Waals surface area (Å²) in [4.78, 5) is 22.2. The lowest BCUT2D eigenvalue weighted by Crippen LogP contribution is -2.18. The van der Waals surface area contributed by atoms with Gasteiger partial charge >= 0.3 is 12.1 Å². The van der Waals surface area contributed by atoms with Crippen LogP contribution in [0, 0.1) is 0 Å². The number of carboxylic acid groups (broad SMARTS) is 1. The van der Waals surface area contributed by atoms with Crippen LogP contribution in [0.2, 0.25) is 5.02 Å². The second-order valence-corrected chi connectivity index (χ2v) is 4.04. The van der Waals surface area contributed by atoms with E-state index in [1.165, 1.54) is 18.2 Å². The summed E-state index contributed by atoms with van der Waals surface area (Å²) in [5.74, 6) is -2.29. The minimum absolute atomic E-state index is 0.0553. The SMILES string of the molecule is O=C(CCC(F)(F)F)Nc1c(Cl)cccc1C(=O)O. The van der Waals surface area contributed by atoms with Gasteiger partial charge in [-0.05, 0) is 12.1 Å². The highest BCUT2D eigenvalue weighted by molar-refractivity contribution is 6.34. The number of rotatable bonds is 4. The minimum Gasteiger partial charge on any atom is -0.478 e. The quantitative estimate of drug-likeness (QED) is 0.895. The topological polar surface area (TPSA) is 66.4 Å². The molecule has 8 heteroatoms. The van der Waals surface area contributed by atoms with Crippen molar-refractivity contribution in [3.05, 3.63) is 28.8 Å². The Labute approximate surface area is 111 Å². The van der Waals surface area contributed by atoms with Crippen LogP contribution in [0.15, 0.2) is 18.2 Å². The summed E-state index contributed by atoms with van der Waals surface area (Å²) in [7, 11) is 0. The number of aromatic carboxylic acids is 1. The first-order chi connectivity index (χ1) is 8.70.